The van der Waals surface area contributed by atoms with E-state index in [4.69, 9.17) is 10.5 Å². The highest BCUT2D eigenvalue weighted by Crippen LogP contribution is 2.40. The van der Waals surface area contributed by atoms with Gasteiger partial charge in [0.1, 0.15) is 0 Å². The summed E-state index contributed by atoms with van der Waals surface area (Å²) in [6.45, 7) is 4.35. The zero-order valence-corrected chi connectivity index (χ0v) is 11.6. The predicted octanol–water partition coefficient (Wildman–Crippen LogP) is 2.15. The van der Waals surface area contributed by atoms with Crippen molar-refractivity contribution in [3.05, 3.63) is 0 Å². The number of nitrogens with two attached hydrogens (primary N) is 1. The molecule has 3 rings (SSSR count). The molecule has 2 aliphatic heterocycles. The lowest BCUT2D eigenvalue weighted by Crippen LogP contribution is -2.49. The first-order chi connectivity index (χ1) is 8.81. The molecule has 18 heavy (non-hydrogen) atoms. The smallest absolute Gasteiger partial charge is 0.0697 e. The van der Waals surface area contributed by atoms with Crippen LogP contribution in [0.4, 0.5) is 0 Å². The van der Waals surface area contributed by atoms with Crippen LogP contribution >= 0.6 is 0 Å². The van der Waals surface area contributed by atoms with Crippen molar-refractivity contribution in [2.75, 3.05) is 26.2 Å². The van der Waals surface area contributed by atoms with E-state index >= 15 is 0 Å². The molecule has 0 amide bonds. The highest BCUT2D eigenvalue weighted by atomic mass is 16.5. The first-order valence-corrected chi connectivity index (χ1v) is 7.89. The molecule has 0 aromatic carbocycles. The van der Waals surface area contributed by atoms with Crippen molar-refractivity contribution in [3.63, 3.8) is 0 Å². The minimum atomic E-state index is 0.252. The SMILES string of the molecule is NCC1CCN(C2CCOC3(CCCCC3)C2)C1. The van der Waals surface area contributed by atoms with Crippen molar-refractivity contribution in [1.29, 1.82) is 0 Å². The molecule has 3 fully saturated rings. The molecule has 2 saturated heterocycles. The molecule has 0 bridgehead atoms. The third-order valence-electron chi connectivity index (χ3n) is 5.40. The maximum absolute atomic E-state index is 6.20. The maximum Gasteiger partial charge on any atom is 0.0697 e. The minimum Gasteiger partial charge on any atom is -0.375 e. The van der Waals surface area contributed by atoms with Crippen LogP contribution in [0.15, 0.2) is 0 Å². The molecule has 1 aliphatic carbocycles. The summed E-state index contributed by atoms with van der Waals surface area (Å²) >= 11 is 0. The number of nitrogens with zero attached hydrogens (tertiary/aromatic N) is 1. The van der Waals surface area contributed by atoms with Crippen molar-refractivity contribution >= 4 is 0 Å². The lowest BCUT2D eigenvalue weighted by Gasteiger charge is -2.46. The van der Waals surface area contributed by atoms with E-state index < -0.39 is 0 Å². The Balaban J connectivity index is 1.60. The Bertz CT molecular complexity index is 270. The molecular weight excluding hydrogens is 224 g/mol. The zero-order valence-electron chi connectivity index (χ0n) is 11.6. The van der Waals surface area contributed by atoms with Gasteiger partial charge in [-0.05, 0) is 51.1 Å². The molecule has 2 atom stereocenters. The molecule has 1 spiro atoms. The first kappa shape index (κ1) is 12.9. The molecule has 2 unspecified atom stereocenters. The molecule has 2 N–H and O–H groups in total. The summed E-state index contributed by atoms with van der Waals surface area (Å²) in [6.07, 6.45) is 10.6. The van der Waals surface area contributed by atoms with Gasteiger partial charge in [0.05, 0.1) is 5.60 Å². The van der Waals surface area contributed by atoms with Gasteiger partial charge in [0, 0.05) is 19.2 Å². The highest BCUT2D eigenvalue weighted by Gasteiger charge is 2.41. The lowest BCUT2D eigenvalue weighted by molar-refractivity contribution is -0.122. The highest BCUT2D eigenvalue weighted by molar-refractivity contribution is 4.94. The minimum absolute atomic E-state index is 0.252. The Morgan fingerprint density at radius 3 is 2.72 bits per heavy atom. The van der Waals surface area contributed by atoms with Crippen LogP contribution in [-0.2, 0) is 4.74 Å². The fourth-order valence-corrected chi connectivity index (χ4v) is 4.24. The number of hydrogen-bond donors (Lipinski definition) is 1. The zero-order chi connectivity index (χ0) is 12.4. The van der Waals surface area contributed by atoms with Gasteiger partial charge in [-0.3, -0.25) is 4.90 Å². The molecule has 2 heterocycles. The first-order valence-electron chi connectivity index (χ1n) is 7.89. The van der Waals surface area contributed by atoms with Crippen LogP contribution in [-0.4, -0.2) is 42.8 Å². The lowest BCUT2D eigenvalue weighted by atomic mass is 9.78. The van der Waals surface area contributed by atoms with Gasteiger partial charge in [0.25, 0.3) is 0 Å². The van der Waals surface area contributed by atoms with Crippen molar-refractivity contribution in [2.24, 2.45) is 11.7 Å². The fourth-order valence-electron chi connectivity index (χ4n) is 4.24. The summed E-state index contributed by atoms with van der Waals surface area (Å²) in [7, 11) is 0. The van der Waals surface area contributed by atoms with Crippen LogP contribution in [0.3, 0.4) is 0 Å². The van der Waals surface area contributed by atoms with Crippen LogP contribution in [0, 0.1) is 5.92 Å². The second-order valence-corrected chi connectivity index (χ2v) is 6.62. The van der Waals surface area contributed by atoms with Crippen molar-refractivity contribution in [3.8, 4) is 0 Å². The third kappa shape index (κ3) is 2.59. The summed E-state index contributed by atoms with van der Waals surface area (Å²) in [4.78, 5) is 2.70. The maximum atomic E-state index is 6.20. The Morgan fingerprint density at radius 2 is 2.00 bits per heavy atom. The van der Waals surface area contributed by atoms with Gasteiger partial charge in [-0.2, -0.15) is 0 Å². The van der Waals surface area contributed by atoms with E-state index in [0.717, 1.165) is 25.1 Å². The molecule has 3 aliphatic rings. The quantitative estimate of drug-likeness (QED) is 0.818. The molecule has 0 aromatic rings. The topological polar surface area (TPSA) is 38.5 Å². The van der Waals surface area contributed by atoms with Crippen LogP contribution in [0.2, 0.25) is 0 Å². The number of hydrogen-bond acceptors (Lipinski definition) is 3. The van der Waals surface area contributed by atoms with Crippen LogP contribution in [0.1, 0.15) is 51.4 Å². The van der Waals surface area contributed by atoms with Crippen molar-refractivity contribution in [2.45, 2.75) is 63.0 Å². The van der Waals surface area contributed by atoms with Crippen LogP contribution in [0.25, 0.3) is 0 Å². The van der Waals surface area contributed by atoms with E-state index in [0.29, 0.717) is 0 Å². The Morgan fingerprint density at radius 1 is 1.17 bits per heavy atom. The van der Waals surface area contributed by atoms with E-state index in [-0.39, 0.29) is 5.60 Å². The van der Waals surface area contributed by atoms with Gasteiger partial charge in [-0.15, -0.1) is 0 Å². The summed E-state index contributed by atoms with van der Waals surface area (Å²) in [5.74, 6) is 0.746. The molecule has 0 aromatic heterocycles. The van der Waals surface area contributed by atoms with E-state index in [1.165, 1.54) is 64.5 Å². The van der Waals surface area contributed by atoms with Gasteiger partial charge >= 0.3 is 0 Å². The van der Waals surface area contributed by atoms with Crippen LogP contribution < -0.4 is 5.73 Å². The summed E-state index contributed by atoms with van der Waals surface area (Å²) in [6, 6.07) is 0.772. The Kier molecular flexibility index (Phi) is 3.92. The Hall–Kier alpha value is -0.120. The largest absolute Gasteiger partial charge is 0.375 e. The van der Waals surface area contributed by atoms with Gasteiger partial charge in [-0.1, -0.05) is 19.3 Å². The van der Waals surface area contributed by atoms with Gasteiger partial charge in [0.15, 0.2) is 0 Å². The monoisotopic (exact) mass is 252 g/mol. The molecule has 104 valence electrons. The van der Waals surface area contributed by atoms with Crippen molar-refractivity contribution < 1.29 is 4.74 Å². The standard InChI is InChI=1S/C15H28N2O/c16-11-13-4-8-17(12-13)14-5-9-18-15(10-14)6-2-1-3-7-15/h13-14H,1-12,16H2. The molecule has 1 saturated carbocycles. The van der Waals surface area contributed by atoms with E-state index in [2.05, 4.69) is 4.90 Å². The predicted molar refractivity (Wildman–Crippen MR) is 73.5 cm³/mol. The number of ether oxygens (including phenoxy) is 1. The normalized spacial score (nSPS) is 37.2. The van der Waals surface area contributed by atoms with Crippen molar-refractivity contribution in [1.82, 2.24) is 4.90 Å². The van der Waals surface area contributed by atoms with E-state index in [1.54, 1.807) is 0 Å². The average Bonchev–Trinajstić information content (AvgIpc) is 2.88. The number of likely N-dealkylation sites (tertiary alicyclic amines) is 1. The summed E-state index contributed by atoms with van der Waals surface area (Å²) in [5, 5.41) is 0. The third-order valence-corrected chi connectivity index (χ3v) is 5.40. The second kappa shape index (κ2) is 5.48. The van der Waals surface area contributed by atoms with E-state index in [1.807, 2.05) is 0 Å². The van der Waals surface area contributed by atoms with Gasteiger partial charge < -0.3 is 10.5 Å². The summed E-state index contributed by atoms with van der Waals surface area (Å²) < 4.78 is 6.20. The number of rotatable bonds is 2. The molecule has 3 nitrogen and oxygen atoms in total. The van der Waals surface area contributed by atoms with Crippen LogP contribution in [0.5, 0.6) is 0 Å². The second-order valence-electron chi connectivity index (χ2n) is 6.62. The average molecular weight is 252 g/mol. The van der Waals surface area contributed by atoms with Gasteiger partial charge in [0.2, 0.25) is 0 Å². The molecule has 0 radical (unpaired) electrons. The fraction of sp³-hybridized carbons (Fsp3) is 1.00. The molecule has 3 heteroatoms. The summed E-state index contributed by atoms with van der Waals surface area (Å²) in [5.41, 5.74) is 6.06. The van der Waals surface area contributed by atoms with Gasteiger partial charge in [-0.25, -0.2) is 0 Å². The van der Waals surface area contributed by atoms with E-state index in [9.17, 15) is 0 Å². The molecular formula is C15H28N2O. The Labute approximate surface area is 111 Å².